The van der Waals surface area contributed by atoms with Crippen molar-refractivity contribution in [1.29, 1.82) is 0 Å². The third-order valence-corrected chi connectivity index (χ3v) is 3.65. The molecule has 0 saturated carbocycles. The van der Waals surface area contributed by atoms with Crippen LogP contribution in [0.25, 0.3) is 0 Å². The minimum Gasteiger partial charge on any atom is -0.480 e. The van der Waals surface area contributed by atoms with E-state index < -0.39 is 17.9 Å². The second-order valence-electron chi connectivity index (χ2n) is 5.48. The van der Waals surface area contributed by atoms with Crippen molar-refractivity contribution in [3.63, 3.8) is 0 Å². The molecule has 0 aliphatic carbocycles. The number of hydrogen-bond acceptors (Lipinski definition) is 4. The number of carbonyl (C=O) groups is 2. The number of rotatable bonds is 9. The number of aliphatic carboxylic acids is 1. The number of amides is 1. The topological polar surface area (TPSA) is 93.5 Å². The third-order valence-electron chi connectivity index (χ3n) is 3.65. The van der Waals surface area contributed by atoms with Crippen molar-refractivity contribution < 1.29 is 19.4 Å². The molecule has 0 aliphatic heterocycles. The van der Waals surface area contributed by atoms with E-state index in [1.54, 1.807) is 11.6 Å². The van der Waals surface area contributed by atoms with Gasteiger partial charge in [-0.25, -0.2) is 4.79 Å². The number of nitrogens with zero attached hydrogens (tertiary/aromatic N) is 2. The van der Waals surface area contributed by atoms with Gasteiger partial charge in [0.25, 0.3) is 5.91 Å². The highest BCUT2D eigenvalue weighted by Crippen LogP contribution is 2.10. The molecule has 2 aromatic rings. The first-order valence-corrected chi connectivity index (χ1v) is 7.81. The van der Waals surface area contributed by atoms with Crippen LogP contribution in [0, 0.1) is 6.92 Å². The molecule has 1 aromatic carbocycles. The lowest BCUT2D eigenvalue weighted by atomic mass is 10.2. The molecule has 1 unspecified atom stereocenters. The first kappa shape index (κ1) is 18.4. The molecule has 1 heterocycles. The molecular formula is C18H21N3O4. The Hall–Kier alpha value is -2.93. The summed E-state index contributed by atoms with van der Waals surface area (Å²) in [4.78, 5) is 23.6. The molecule has 7 nitrogen and oxygen atoms in total. The lowest BCUT2D eigenvalue weighted by Gasteiger charge is -2.14. The van der Waals surface area contributed by atoms with Crippen LogP contribution in [-0.4, -0.2) is 46.0 Å². The van der Waals surface area contributed by atoms with E-state index in [-0.39, 0.29) is 13.2 Å². The lowest BCUT2D eigenvalue weighted by molar-refractivity contribution is -0.140. The average molecular weight is 343 g/mol. The van der Waals surface area contributed by atoms with Crippen molar-refractivity contribution in [2.75, 3.05) is 13.2 Å². The molecule has 7 heteroatoms. The summed E-state index contributed by atoms with van der Waals surface area (Å²) in [6, 6.07) is 8.60. The molecule has 25 heavy (non-hydrogen) atoms. The lowest BCUT2D eigenvalue weighted by Crippen LogP contribution is -2.44. The van der Waals surface area contributed by atoms with E-state index in [2.05, 4.69) is 17.0 Å². The van der Waals surface area contributed by atoms with Crippen molar-refractivity contribution in [3.8, 4) is 0 Å². The smallest absolute Gasteiger partial charge is 0.328 e. The predicted octanol–water partition coefficient (Wildman–Crippen LogP) is 1.63. The molecule has 2 rings (SSSR count). The summed E-state index contributed by atoms with van der Waals surface area (Å²) in [5.41, 5.74) is 2.06. The fourth-order valence-electron chi connectivity index (χ4n) is 2.27. The number of carbonyl (C=O) groups excluding carboxylic acids is 1. The highest BCUT2D eigenvalue weighted by Gasteiger charge is 2.23. The van der Waals surface area contributed by atoms with Crippen LogP contribution in [0.5, 0.6) is 0 Å². The summed E-state index contributed by atoms with van der Waals surface area (Å²) in [6.07, 6.45) is 2.95. The van der Waals surface area contributed by atoms with Gasteiger partial charge in [0.2, 0.25) is 0 Å². The second-order valence-corrected chi connectivity index (χ2v) is 5.48. The van der Waals surface area contributed by atoms with E-state index in [9.17, 15) is 14.7 Å². The molecule has 1 amide bonds. The van der Waals surface area contributed by atoms with Crippen molar-refractivity contribution in [1.82, 2.24) is 15.1 Å². The quantitative estimate of drug-likeness (QED) is 0.533. The summed E-state index contributed by atoms with van der Waals surface area (Å²) >= 11 is 0. The van der Waals surface area contributed by atoms with Crippen LogP contribution in [0.15, 0.2) is 49.2 Å². The van der Waals surface area contributed by atoms with Crippen molar-refractivity contribution in [3.05, 3.63) is 66.0 Å². The van der Waals surface area contributed by atoms with E-state index in [1.807, 2.05) is 30.3 Å². The van der Waals surface area contributed by atoms with Crippen LogP contribution in [0.4, 0.5) is 0 Å². The number of aromatic nitrogens is 2. The first-order chi connectivity index (χ1) is 12.0. The maximum absolute atomic E-state index is 12.4. The Balaban J connectivity index is 2.06. The molecule has 1 atom stereocenters. The highest BCUT2D eigenvalue weighted by molar-refractivity contribution is 5.97. The Morgan fingerprint density at radius 1 is 1.40 bits per heavy atom. The van der Waals surface area contributed by atoms with Gasteiger partial charge in [0.1, 0.15) is 0 Å². The van der Waals surface area contributed by atoms with Gasteiger partial charge in [-0.3, -0.25) is 9.48 Å². The maximum atomic E-state index is 12.4. The summed E-state index contributed by atoms with van der Waals surface area (Å²) in [5, 5.41) is 15.9. The largest absolute Gasteiger partial charge is 0.480 e. The number of nitrogens with one attached hydrogen (secondary N) is 1. The maximum Gasteiger partial charge on any atom is 0.328 e. The number of carboxylic acids is 1. The average Bonchev–Trinajstić information content (AvgIpc) is 2.95. The summed E-state index contributed by atoms with van der Waals surface area (Å²) in [7, 11) is 0. The standard InChI is InChI=1S/C18H21N3O4/c1-3-9-25-12-16(18(23)24)20-17(22)15-10-19-21(13(15)2)11-14-7-5-4-6-8-14/h3-8,10,16H,1,9,11-12H2,2H3,(H,20,22)(H,23,24). The molecule has 1 aromatic heterocycles. The van der Waals surface area contributed by atoms with Gasteiger partial charge in [-0.2, -0.15) is 5.10 Å². The minimum absolute atomic E-state index is 0.135. The fraction of sp³-hybridized carbons (Fsp3) is 0.278. The van der Waals surface area contributed by atoms with Crippen molar-refractivity contribution >= 4 is 11.9 Å². The molecule has 0 aliphatic rings. The van der Waals surface area contributed by atoms with Gasteiger partial charge < -0.3 is 15.2 Å². The molecule has 2 N–H and O–H groups in total. The Kier molecular flexibility index (Phi) is 6.47. The van der Waals surface area contributed by atoms with Crippen LogP contribution < -0.4 is 5.32 Å². The van der Waals surface area contributed by atoms with Gasteiger partial charge in [-0.15, -0.1) is 6.58 Å². The molecule has 0 spiro atoms. The zero-order valence-corrected chi connectivity index (χ0v) is 14.0. The predicted molar refractivity (Wildman–Crippen MR) is 92.4 cm³/mol. The molecular weight excluding hydrogens is 322 g/mol. The summed E-state index contributed by atoms with van der Waals surface area (Å²) in [6.45, 7) is 5.88. The highest BCUT2D eigenvalue weighted by atomic mass is 16.5. The molecule has 132 valence electrons. The van der Waals surface area contributed by atoms with Crippen molar-refractivity contribution in [2.45, 2.75) is 19.5 Å². The monoisotopic (exact) mass is 343 g/mol. The summed E-state index contributed by atoms with van der Waals surface area (Å²) < 4.78 is 6.83. The second kappa shape index (κ2) is 8.79. The van der Waals surface area contributed by atoms with Gasteiger partial charge in [-0.1, -0.05) is 36.4 Å². The Morgan fingerprint density at radius 3 is 2.76 bits per heavy atom. The van der Waals surface area contributed by atoms with E-state index >= 15 is 0 Å². The first-order valence-electron chi connectivity index (χ1n) is 7.81. The molecule has 0 saturated heterocycles. The van der Waals surface area contributed by atoms with E-state index in [0.717, 1.165) is 5.56 Å². The van der Waals surface area contributed by atoms with Gasteiger partial charge >= 0.3 is 5.97 Å². The Bertz CT molecular complexity index is 740. The zero-order chi connectivity index (χ0) is 18.2. The van der Waals surface area contributed by atoms with Gasteiger partial charge in [0.05, 0.1) is 31.5 Å². The normalized spacial score (nSPS) is 11.7. The Labute approximate surface area is 145 Å². The molecule has 0 bridgehead atoms. The van der Waals surface area contributed by atoms with Crippen LogP contribution in [0.3, 0.4) is 0 Å². The van der Waals surface area contributed by atoms with E-state index in [4.69, 9.17) is 4.74 Å². The van der Waals surface area contributed by atoms with E-state index in [1.165, 1.54) is 12.3 Å². The SMILES string of the molecule is C=CCOCC(NC(=O)c1cnn(Cc2ccccc2)c1C)C(=O)O. The molecule has 0 radical (unpaired) electrons. The van der Waals surface area contributed by atoms with Crippen LogP contribution in [-0.2, 0) is 16.1 Å². The number of ether oxygens (including phenoxy) is 1. The zero-order valence-electron chi connectivity index (χ0n) is 14.0. The third kappa shape index (κ3) is 5.02. The number of benzene rings is 1. The van der Waals surface area contributed by atoms with Gasteiger partial charge in [0.15, 0.2) is 6.04 Å². The van der Waals surface area contributed by atoms with Gasteiger partial charge in [0, 0.05) is 5.69 Å². The van der Waals surface area contributed by atoms with Crippen molar-refractivity contribution in [2.24, 2.45) is 0 Å². The minimum atomic E-state index is -1.16. The summed E-state index contributed by atoms with van der Waals surface area (Å²) in [5.74, 6) is -1.65. The fourth-order valence-corrected chi connectivity index (χ4v) is 2.27. The van der Waals surface area contributed by atoms with Crippen LogP contribution >= 0.6 is 0 Å². The number of carboxylic acid groups (broad SMARTS) is 1. The Morgan fingerprint density at radius 2 is 2.12 bits per heavy atom. The van der Waals surface area contributed by atoms with Gasteiger partial charge in [-0.05, 0) is 12.5 Å². The van der Waals surface area contributed by atoms with E-state index in [0.29, 0.717) is 17.8 Å². The van der Waals surface area contributed by atoms with Crippen LogP contribution in [0.1, 0.15) is 21.6 Å². The number of hydrogen-bond donors (Lipinski definition) is 2. The van der Waals surface area contributed by atoms with Crippen LogP contribution in [0.2, 0.25) is 0 Å². The molecule has 0 fully saturated rings.